The predicted molar refractivity (Wildman–Crippen MR) is 115 cm³/mol. The number of ketones is 1. The van der Waals surface area contributed by atoms with Crippen LogP contribution in [0.25, 0.3) is 6.08 Å². The summed E-state index contributed by atoms with van der Waals surface area (Å²) in [5.41, 5.74) is 2.43. The number of allylic oxidation sites excluding steroid dienone is 1. The SMILES string of the molecule is COc1ccc(/C=C/C(=O)c2ccc(F)cc2)cc1COc1ccc([N+](=O)[O-])c(C)c1. The number of methoxy groups -OCH3 is 1. The molecule has 0 fully saturated rings. The average Bonchev–Trinajstić information content (AvgIpc) is 2.76. The summed E-state index contributed by atoms with van der Waals surface area (Å²) in [4.78, 5) is 22.8. The van der Waals surface area contributed by atoms with Crippen LogP contribution >= 0.6 is 0 Å². The Bertz CT molecular complexity index is 1140. The second-order valence-electron chi connectivity index (χ2n) is 6.77. The molecule has 7 heteroatoms. The molecule has 0 radical (unpaired) electrons. The number of carbonyl (C=O) groups excluding carboxylic acids is 1. The van der Waals surface area contributed by atoms with Crippen LogP contribution in [0.5, 0.6) is 11.5 Å². The van der Waals surface area contributed by atoms with Crippen LogP contribution in [0.3, 0.4) is 0 Å². The van der Waals surface area contributed by atoms with Crippen molar-refractivity contribution in [3.63, 3.8) is 0 Å². The smallest absolute Gasteiger partial charge is 0.272 e. The van der Waals surface area contributed by atoms with Crippen LogP contribution in [0.1, 0.15) is 27.0 Å². The van der Waals surface area contributed by atoms with Crippen molar-refractivity contribution in [3.8, 4) is 11.5 Å². The van der Waals surface area contributed by atoms with Crippen molar-refractivity contribution in [3.05, 3.63) is 105 Å². The molecule has 3 aromatic carbocycles. The van der Waals surface area contributed by atoms with Crippen LogP contribution < -0.4 is 9.47 Å². The van der Waals surface area contributed by atoms with Crippen molar-refractivity contribution >= 4 is 17.5 Å². The zero-order valence-corrected chi connectivity index (χ0v) is 17.0. The molecule has 0 saturated carbocycles. The second kappa shape index (κ2) is 9.67. The summed E-state index contributed by atoms with van der Waals surface area (Å²) < 4.78 is 24.2. The standard InChI is InChI=1S/C24H20FNO5/c1-16-13-21(9-10-22(16)26(28)29)31-15-19-14-17(4-12-24(19)30-2)3-11-23(27)18-5-7-20(25)8-6-18/h3-14H,15H2,1-2H3/b11-3+. The summed E-state index contributed by atoms with van der Waals surface area (Å²) in [6.45, 7) is 1.82. The summed E-state index contributed by atoms with van der Waals surface area (Å²) in [7, 11) is 1.54. The molecule has 0 N–H and O–H groups in total. The van der Waals surface area contributed by atoms with Gasteiger partial charge in [-0.2, -0.15) is 0 Å². The van der Waals surface area contributed by atoms with Crippen LogP contribution in [0.2, 0.25) is 0 Å². The molecule has 0 amide bonds. The second-order valence-corrected chi connectivity index (χ2v) is 6.77. The van der Waals surface area contributed by atoms with E-state index in [9.17, 15) is 19.3 Å². The minimum absolute atomic E-state index is 0.0305. The van der Waals surface area contributed by atoms with Crippen LogP contribution in [0.15, 0.2) is 66.7 Å². The fraction of sp³-hybridized carbons (Fsp3) is 0.125. The predicted octanol–water partition coefficient (Wildman–Crippen LogP) is 5.53. The molecule has 0 spiro atoms. The Kier molecular flexibility index (Phi) is 6.77. The highest BCUT2D eigenvalue weighted by Gasteiger charge is 2.12. The number of hydrogen-bond donors (Lipinski definition) is 0. The van der Waals surface area contributed by atoms with E-state index in [0.29, 0.717) is 22.6 Å². The summed E-state index contributed by atoms with van der Waals surface area (Å²) >= 11 is 0. The molecule has 0 saturated heterocycles. The van der Waals surface area contributed by atoms with E-state index in [-0.39, 0.29) is 18.1 Å². The highest BCUT2D eigenvalue weighted by atomic mass is 19.1. The fourth-order valence-electron chi connectivity index (χ4n) is 2.98. The molecular formula is C24H20FNO5. The largest absolute Gasteiger partial charge is 0.496 e. The molecule has 3 aromatic rings. The third kappa shape index (κ3) is 5.54. The van der Waals surface area contributed by atoms with Crippen LogP contribution in [0.4, 0.5) is 10.1 Å². The number of rotatable bonds is 8. The third-order valence-corrected chi connectivity index (χ3v) is 4.62. The lowest BCUT2D eigenvalue weighted by molar-refractivity contribution is -0.385. The van der Waals surface area contributed by atoms with Crippen LogP contribution in [-0.2, 0) is 6.61 Å². The van der Waals surface area contributed by atoms with Gasteiger partial charge in [-0.05, 0) is 67.1 Å². The molecule has 0 bridgehead atoms. The van der Waals surface area contributed by atoms with Gasteiger partial charge in [-0.1, -0.05) is 12.1 Å². The maximum Gasteiger partial charge on any atom is 0.272 e. The third-order valence-electron chi connectivity index (χ3n) is 4.62. The molecule has 0 aliphatic heterocycles. The van der Waals surface area contributed by atoms with E-state index >= 15 is 0 Å². The fourth-order valence-corrected chi connectivity index (χ4v) is 2.98. The van der Waals surface area contributed by atoms with Crippen molar-refractivity contribution in [1.82, 2.24) is 0 Å². The van der Waals surface area contributed by atoms with Gasteiger partial charge in [0.05, 0.1) is 12.0 Å². The molecule has 0 aliphatic rings. The molecule has 3 rings (SSSR count). The minimum Gasteiger partial charge on any atom is -0.496 e. The molecule has 0 atom stereocenters. The number of benzene rings is 3. The number of halogens is 1. The van der Waals surface area contributed by atoms with E-state index in [1.165, 1.54) is 36.4 Å². The van der Waals surface area contributed by atoms with Crippen molar-refractivity contribution in [2.24, 2.45) is 0 Å². The Morgan fingerprint density at radius 1 is 1.10 bits per heavy atom. The van der Waals surface area contributed by atoms with Gasteiger partial charge in [-0.15, -0.1) is 0 Å². The molecule has 0 heterocycles. The summed E-state index contributed by atoms with van der Waals surface area (Å²) in [5.74, 6) is 0.469. The summed E-state index contributed by atoms with van der Waals surface area (Å²) in [6, 6.07) is 15.3. The maximum atomic E-state index is 13.0. The zero-order chi connectivity index (χ0) is 22.4. The lowest BCUT2D eigenvalue weighted by Gasteiger charge is -2.12. The van der Waals surface area contributed by atoms with E-state index in [4.69, 9.17) is 9.47 Å². The first-order chi connectivity index (χ1) is 14.9. The molecule has 158 valence electrons. The molecule has 0 aliphatic carbocycles. The first kappa shape index (κ1) is 21.7. The van der Waals surface area contributed by atoms with Crippen molar-refractivity contribution < 1.29 is 23.6 Å². The van der Waals surface area contributed by atoms with Crippen LogP contribution in [-0.4, -0.2) is 17.8 Å². The first-order valence-electron chi connectivity index (χ1n) is 9.40. The van der Waals surface area contributed by atoms with Gasteiger partial charge < -0.3 is 9.47 Å². The van der Waals surface area contributed by atoms with Gasteiger partial charge in [0, 0.05) is 22.8 Å². The number of nitrogens with zero attached hydrogens (tertiary/aromatic N) is 1. The number of hydrogen-bond acceptors (Lipinski definition) is 5. The van der Waals surface area contributed by atoms with Gasteiger partial charge in [0.25, 0.3) is 5.69 Å². The number of carbonyl (C=O) groups is 1. The molecule has 0 aromatic heterocycles. The highest BCUT2D eigenvalue weighted by Crippen LogP contribution is 2.26. The summed E-state index contributed by atoms with van der Waals surface area (Å²) in [6.07, 6.45) is 3.07. The highest BCUT2D eigenvalue weighted by molar-refractivity contribution is 6.06. The zero-order valence-electron chi connectivity index (χ0n) is 17.0. The lowest BCUT2D eigenvalue weighted by Crippen LogP contribution is -2.00. The monoisotopic (exact) mass is 421 g/mol. The Hall–Kier alpha value is -4.00. The Labute approximate surface area is 178 Å². The van der Waals surface area contributed by atoms with Gasteiger partial charge in [-0.25, -0.2) is 4.39 Å². The Morgan fingerprint density at radius 3 is 2.48 bits per heavy atom. The topological polar surface area (TPSA) is 78.7 Å². The van der Waals surface area contributed by atoms with E-state index < -0.39 is 10.7 Å². The van der Waals surface area contributed by atoms with Gasteiger partial charge in [0.15, 0.2) is 5.78 Å². The number of nitro groups is 1. The number of nitro benzene ring substituents is 1. The molecule has 6 nitrogen and oxygen atoms in total. The molecule has 31 heavy (non-hydrogen) atoms. The van der Waals surface area contributed by atoms with Gasteiger partial charge in [0.1, 0.15) is 23.9 Å². The van der Waals surface area contributed by atoms with Crippen LogP contribution in [0, 0.1) is 22.9 Å². The Balaban J connectivity index is 1.74. The van der Waals surface area contributed by atoms with Crippen molar-refractivity contribution in [2.45, 2.75) is 13.5 Å². The van der Waals surface area contributed by atoms with Gasteiger partial charge >= 0.3 is 0 Å². The number of aryl methyl sites for hydroxylation is 1. The van der Waals surface area contributed by atoms with Gasteiger partial charge in [0.2, 0.25) is 0 Å². The normalized spacial score (nSPS) is 10.8. The van der Waals surface area contributed by atoms with Crippen molar-refractivity contribution in [1.29, 1.82) is 0 Å². The van der Waals surface area contributed by atoms with Gasteiger partial charge in [-0.3, -0.25) is 14.9 Å². The van der Waals surface area contributed by atoms with Crippen molar-refractivity contribution in [2.75, 3.05) is 7.11 Å². The van der Waals surface area contributed by atoms with E-state index in [0.717, 1.165) is 11.1 Å². The Morgan fingerprint density at radius 2 is 1.84 bits per heavy atom. The quantitative estimate of drug-likeness (QED) is 0.207. The minimum atomic E-state index is -0.439. The molecular weight excluding hydrogens is 401 g/mol. The first-order valence-corrected chi connectivity index (χ1v) is 9.40. The summed E-state index contributed by atoms with van der Waals surface area (Å²) in [5, 5.41) is 10.9. The lowest BCUT2D eigenvalue weighted by atomic mass is 10.1. The van der Waals surface area contributed by atoms with E-state index in [1.807, 2.05) is 6.07 Å². The molecule has 0 unspecified atom stereocenters. The van der Waals surface area contributed by atoms with E-state index in [2.05, 4.69) is 0 Å². The maximum absolute atomic E-state index is 13.0. The van der Waals surface area contributed by atoms with E-state index in [1.54, 1.807) is 44.4 Å². The average molecular weight is 421 g/mol. The number of ether oxygens (including phenoxy) is 2.